The molecular weight excluding hydrogens is 292 g/mol. The number of anilines is 1. The van der Waals surface area contributed by atoms with Crippen LogP contribution in [0.15, 0.2) is 60.7 Å². The summed E-state index contributed by atoms with van der Waals surface area (Å²) in [6, 6.07) is 18.8. The lowest BCUT2D eigenvalue weighted by molar-refractivity contribution is -0.119. The van der Waals surface area contributed by atoms with Gasteiger partial charge in [-0.1, -0.05) is 48.5 Å². The van der Waals surface area contributed by atoms with E-state index in [1.165, 1.54) is 4.90 Å². The molecule has 23 heavy (non-hydrogen) atoms. The van der Waals surface area contributed by atoms with Crippen molar-refractivity contribution in [2.75, 3.05) is 18.4 Å². The van der Waals surface area contributed by atoms with Crippen LogP contribution in [0, 0.1) is 5.92 Å². The van der Waals surface area contributed by atoms with Crippen LogP contribution in [0.3, 0.4) is 0 Å². The average Bonchev–Trinajstić information content (AvgIpc) is 3.02. The number of hydrogen-bond acceptors (Lipinski definition) is 2. The number of benzene rings is 2. The molecule has 1 saturated heterocycles. The molecule has 0 bridgehead atoms. The average molecular weight is 310 g/mol. The summed E-state index contributed by atoms with van der Waals surface area (Å²) in [5, 5.41) is 12.1. The topological polar surface area (TPSA) is 69.6 Å². The van der Waals surface area contributed by atoms with Crippen LogP contribution in [-0.4, -0.2) is 35.1 Å². The van der Waals surface area contributed by atoms with E-state index in [4.69, 9.17) is 0 Å². The lowest BCUT2D eigenvalue weighted by Gasteiger charge is -2.18. The molecule has 2 N–H and O–H groups in total. The van der Waals surface area contributed by atoms with Crippen molar-refractivity contribution in [1.82, 2.24) is 4.90 Å². The second-order valence-corrected chi connectivity index (χ2v) is 5.67. The minimum absolute atomic E-state index is 0.129. The molecule has 0 radical (unpaired) electrons. The van der Waals surface area contributed by atoms with Gasteiger partial charge in [0.1, 0.15) is 0 Å². The van der Waals surface area contributed by atoms with Crippen molar-refractivity contribution in [3.63, 3.8) is 0 Å². The molecule has 1 fully saturated rings. The molecule has 0 saturated carbocycles. The number of para-hydroxylation sites is 1. The summed E-state index contributed by atoms with van der Waals surface area (Å²) >= 11 is 0. The van der Waals surface area contributed by atoms with Crippen LogP contribution < -0.4 is 5.32 Å². The lowest BCUT2D eigenvalue weighted by atomic mass is 9.88. The fraction of sp³-hybridized carbons (Fsp3) is 0.222. The first-order chi connectivity index (χ1) is 11.1. The van der Waals surface area contributed by atoms with E-state index in [9.17, 15) is 14.7 Å². The Morgan fingerprint density at radius 2 is 1.57 bits per heavy atom. The van der Waals surface area contributed by atoms with Gasteiger partial charge >= 0.3 is 6.09 Å². The third kappa shape index (κ3) is 3.34. The molecule has 0 aliphatic carbocycles. The molecular formula is C18H18N2O3. The SMILES string of the molecule is O=C(Nc1ccccc1)[C@H]1CN(C(=O)O)C[C@@H]1c1ccccc1. The summed E-state index contributed by atoms with van der Waals surface area (Å²) in [5.41, 5.74) is 1.71. The number of hydrogen-bond donors (Lipinski definition) is 2. The van der Waals surface area contributed by atoms with E-state index in [-0.39, 0.29) is 18.4 Å². The van der Waals surface area contributed by atoms with Gasteiger partial charge in [0.05, 0.1) is 5.92 Å². The number of carbonyl (C=O) groups excluding carboxylic acids is 1. The highest BCUT2D eigenvalue weighted by atomic mass is 16.4. The van der Waals surface area contributed by atoms with Crippen LogP contribution >= 0.6 is 0 Å². The highest BCUT2D eigenvalue weighted by Crippen LogP contribution is 2.33. The minimum atomic E-state index is -0.985. The molecule has 5 nitrogen and oxygen atoms in total. The predicted molar refractivity (Wildman–Crippen MR) is 87.3 cm³/mol. The van der Waals surface area contributed by atoms with Gasteiger partial charge in [-0.3, -0.25) is 4.79 Å². The van der Waals surface area contributed by atoms with E-state index in [1.807, 2.05) is 60.7 Å². The first kappa shape index (κ1) is 15.1. The van der Waals surface area contributed by atoms with Crippen molar-refractivity contribution >= 4 is 17.7 Å². The van der Waals surface area contributed by atoms with Gasteiger partial charge in [-0.2, -0.15) is 0 Å². The van der Waals surface area contributed by atoms with Gasteiger partial charge in [-0.05, 0) is 17.7 Å². The Kier molecular flexibility index (Phi) is 4.28. The first-order valence-corrected chi connectivity index (χ1v) is 7.54. The van der Waals surface area contributed by atoms with E-state index in [2.05, 4.69) is 5.32 Å². The van der Waals surface area contributed by atoms with Crippen LogP contribution in [0.4, 0.5) is 10.5 Å². The molecule has 0 aromatic heterocycles. The fourth-order valence-corrected chi connectivity index (χ4v) is 3.02. The zero-order chi connectivity index (χ0) is 16.2. The van der Waals surface area contributed by atoms with Crippen molar-refractivity contribution in [3.05, 3.63) is 66.2 Å². The number of carboxylic acid groups (broad SMARTS) is 1. The van der Waals surface area contributed by atoms with Gasteiger partial charge < -0.3 is 15.3 Å². The summed E-state index contributed by atoms with van der Waals surface area (Å²) in [6.45, 7) is 0.555. The normalized spacial score (nSPS) is 20.3. The number of carbonyl (C=O) groups is 2. The number of rotatable bonds is 3. The van der Waals surface area contributed by atoms with E-state index < -0.39 is 12.0 Å². The van der Waals surface area contributed by atoms with Crippen molar-refractivity contribution in [2.45, 2.75) is 5.92 Å². The third-order valence-electron chi connectivity index (χ3n) is 4.20. The summed E-state index contributed by atoms with van der Waals surface area (Å²) in [5.74, 6) is -0.668. The monoisotopic (exact) mass is 310 g/mol. The molecule has 1 aliphatic rings. The summed E-state index contributed by atoms with van der Waals surface area (Å²) in [7, 11) is 0. The maximum absolute atomic E-state index is 12.6. The number of amides is 2. The van der Waals surface area contributed by atoms with Gasteiger partial charge in [0.2, 0.25) is 5.91 Å². The predicted octanol–water partition coefficient (Wildman–Crippen LogP) is 3.02. The van der Waals surface area contributed by atoms with Crippen molar-refractivity contribution < 1.29 is 14.7 Å². The maximum Gasteiger partial charge on any atom is 0.407 e. The molecule has 118 valence electrons. The van der Waals surface area contributed by atoms with Crippen LogP contribution in [0.2, 0.25) is 0 Å². The molecule has 3 rings (SSSR count). The second kappa shape index (κ2) is 6.52. The molecule has 5 heteroatoms. The van der Waals surface area contributed by atoms with Gasteiger partial charge in [0.25, 0.3) is 0 Å². The molecule has 2 amide bonds. The minimum Gasteiger partial charge on any atom is -0.465 e. The molecule has 0 spiro atoms. The smallest absolute Gasteiger partial charge is 0.407 e. The number of nitrogens with zero attached hydrogens (tertiary/aromatic N) is 1. The number of likely N-dealkylation sites (tertiary alicyclic amines) is 1. The zero-order valence-electron chi connectivity index (χ0n) is 12.6. The standard InChI is InChI=1S/C18H18N2O3/c21-17(19-14-9-5-2-6-10-14)16-12-20(18(22)23)11-15(16)13-7-3-1-4-8-13/h1-10,15-16H,11-12H2,(H,19,21)(H,22,23)/t15-,16+/m1/s1. The van der Waals surface area contributed by atoms with Gasteiger partial charge in [0.15, 0.2) is 0 Å². The summed E-state index contributed by atoms with van der Waals surface area (Å²) in [6.07, 6.45) is -0.985. The van der Waals surface area contributed by atoms with Crippen molar-refractivity contribution in [2.24, 2.45) is 5.92 Å². The maximum atomic E-state index is 12.6. The number of nitrogens with one attached hydrogen (secondary N) is 1. The van der Waals surface area contributed by atoms with Crippen molar-refractivity contribution in [3.8, 4) is 0 Å². The van der Waals surface area contributed by atoms with Crippen LogP contribution in [0.5, 0.6) is 0 Å². The fourth-order valence-electron chi connectivity index (χ4n) is 3.02. The summed E-state index contributed by atoms with van der Waals surface area (Å²) < 4.78 is 0. The Bertz CT molecular complexity index is 688. The van der Waals surface area contributed by atoms with Gasteiger partial charge in [0, 0.05) is 24.7 Å². The molecule has 2 aromatic rings. The Labute approximate surface area is 134 Å². The largest absolute Gasteiger partial charge is 0.465 e. The van der Waals surface area contributed by atoms with Crippen LogP contribution in [0.1, 0.15) is 11.5 Å². The van der Waals surface area contributed by atoms with Gasteiger partial charge in [-0.15, -0.1) is 0 Å². The second-order valence-electron chi connectivity index (χ2n) is 5.67. The van der Waals surface area contributed by atoms with Crippen LogP contribution in [-0.2, 0) is 4.79 Å². The molecule has 1 heterocycles. The van der Waals surface area contributed by atoms with Gasteiger partial charge in [-0.25, -0.2) is 4.79 Å². The van der Waals surface area contributed by atoms with Crippen molar-refractivity contribution in [1.29, 1.82) is 0 Å². The molecule has 2 atom stereocenters. The molecule has 0 unspecified atom stereocenters. The summed E-state index contributed by atoms with van der Waals surface area (Å²) in [4.78, 5) is 25.2. The first-order valence-electron chi connectivity index (χ1n) is 7.54. The van der Waals surface area contributed by atoms with Crippen LogP contribution in [0.25, 0.3) is 0 Å². The Hall–Kier alpha value is -2.82. The zero-order valence-corrected chi connectivity index (χ0v) is 12.6. The Balaban J connectivity index is 1.82. The lowest BCUT2D eigenvalue weighted by Crippen LogP contribution is -2.30. The van der Waals surface area contributed by atoms with E-state index in [1.54, 1.807) is 0 Å². The van der Waals surface area contributed by atoms with E-state index in [0.717, 1.165) is 11.3 Å². The van der Waals surface area contributed by atoms with E-state index >= 15 is 0 Å². The molecule has 1 aliphatic heterocycles. The quantitative estimate of drug-likeness (QED) is 0.915. The Morgan fingerprint density at radius 3 is 2.17 bits per heavy atom. The third-order valence-corrected chi connectivity index (χ3v) is 4.20. The highest BCUT2D eigenvalue weighted by molar-refractivity contribution is 5.94. The van der Waals surface area contributed by atoms with E-state index in [0.29, 0.717) is 6.54 Å². The Morgan fingerprint density at radius 1 is 0.957 bits per heavy atom. The molecule has 2 aromatic carbocycles. The highest BCUT2D eigenvalue weighted by Gasteiger charge is 2.40.